The third-order valence-corrected chi connectivity index (χ3v) is 6.27. The molecule has 3 heterocycles. The first-order chi connectivity index (χ1) is 13.2. The summed E-state index contributed by atoms with van der Waals surface area (Å²) in [7, 11) is 0. The maximum absolute atomic E-state index is 9.73. The number of pyridine rings is 1. The molecule has 2 atom stereocenters. The number of rotatable bonds is 5. The smallest absolute Gasteiger partial charge is 0.161 e. The molecule has 2 aliphatic heterocycles. The fourth-order valence-electron chi connectivity index (χ4n) is 4.70. The lowest BCUT2D eigenvalue weighted by Gasteiger charge is -2.39. The van der Waals surface area contributed by atoms with Crippen molar-refractivity contribution in [2.24, 2.45) is 5.92 Å². The number of hydrogen-bond donors (Lipinski definition) is 1. The number of ether oxygens (including phenoxy) is 1. The first-order valence-electron chi connectivity index (χ1n) is 10.3. The Morgan fingerprint density at radius 3 is 3.00 bits per heavy atom. The first kappa shape index (κ1) is 18.5. The molecule has 27 heavy (non-hydrogen) atoms. The monoisotopic (exact) mass is 369 g/mol. The van der Waals surface area contributed by atoms with Gasteiger partial charge in [0, 0.05) is 18.0 Å². The van der Waals surface area contributed by atoms with Gasteiger partial charge in [-0.15, -0.1) is 0 Å². The lowest BCUT2D eigenvalue weighted by Crippen LogP contribution is -2.45. The highest BCUT2D eigenvalue weighted by Crippen LogP contribution is 2.38. The van der Waals surface area contributed by atoms with Crippen molar-refractivity contribution in [2.75, 3.05) is 44.3 Å². The van der Waals surface area contributed by atoms with Crippen LogP contribution < -0.4 is 9.64 Å². The van der Waals surface area contributed by atoms with E-state index in [0.717, 1.165) is 50.5 Å². The maximum atomic E-state index is 9.73. The molecule has 0 radical (unpaired) electrons. The first-order valence-corrected chi connectivity index (χ1v) is 10.3. The number of likely N-dealkylation sites (N-methyl/N-ethyl adjacent to an activating group) is 1. The molecule has 0 spiro atoms. The van der Waals surface area contributed by atoms with E-state index in [4.69, 9.17) is 4.74 Å². The highest BCUT2D eigenvalue weighted by Gasteiger charge is 2.28. The molecule has 1 aromatic carbocycles. The fourth-order valence-corrected chi connectivity index (χ4v) is 4.70. The highest BCUT2D eigenvalue weighted by molar-refractivity contribution is 5.95. The van der Waals surface area contributed by atoms with Crippen molar-refractivity contribution >= 4 is 16.6 Å². The molecule has 0 bridgehead atoms. The standard InChI is InChI=1S/C22H31N3O2/c1-3-24-8-6-17(13-18(24)15-26)7-9-25-10-11-27-21-14-23-20-5-4-16(2)12-19(20)22(21)25/h4-5,12,14,17-18,26H,3,6-11,13,15H2,1-2H3. The molecular formula is C22H31N3O2. The van der Waals surface area contributed by atoms with Crippen molar-refractivity contribution in [1.82, 2.24) is 9.88 Å². The Morgan fingerprint density at radius 2 is 2.19 bits per heavy atom. The summed E-state index contributed by atoms with van der Waals surface area (Å²) < 4.78 is 5.91. The fraction of sp³-hybridized carbons (Fsp3) is 0.591. The van der Waals surface area contributed by atoms with E-state index in [9.17, 15) is 5.11 Å². The maximum Gasteiger partial charge on any atom is 0.161 e. The molecule has 1 saturated heterocycles. The number of benzene rings is 1. The van der Waals surface area contributed by atoms with Crippen molar-refractivity contribution in [1.29, 1.82) is 0 Å². The number of anilines is 1. The van der Waals surface area contributed by atoms with Crippen LogP contribution in [0.25, 0.3) is 10.9 Å². The summed E-state index contributed by atoms with van der Waals surface area (Å²) in [5, 5.41) is 10.9. The summed E-state index contributed by atoms with van der Waals surface area (Å²) in [4.78, 5) is 9.48. The van der Waals surface area contributed by atoms with Gasteiger partial charge in [-0.25, -0.2) is 0 Å². The molecule has 1 fully saturated rings. The molecule has 4 rings (SSSR count). The molecule has 0 saturated carbocycles. The minimum atomic E-state index is 0.278. The van der Waals surface area contributed by atoms with Crippen LogP contribution in [0.5, 0.6) is 5.75 Å². The number of piperidine rings is 1. The van der Waals surface area contributed by atoms with Crippen molar-refractivity contribution in [3.05, 3.63) is 30.0 Å². The minimum absolute atomic E-state index is 0.278. The average Bonchev–Trinajstić information content (AvgIpc) is 2.71. The zero-order valence-corrected chi connectivity index (χ0v) is 16.5. The van der Waals surface area contributed by atoms with Crippen LogP contribution in [0.3, 0.4) is 0 Å². The molecule has 5 heteroatoms. The summed E-state index contributed by atoms with van der Waals surface area (Å²) in [6.07, 6.45) is 5.39. The van der Waals surface area contributed by atoms with Crippen LogP contribution >= 0.6 is 0 Å². The normalized spacial score (nSPS) is 23.3. The van der Waals surface area contributed by atoms with Gasteiger partial charge in [-0.05, 0) is 57.3 Å². The largest absolute Gasteiger partial charge is 0.488 e. The molecule has 1 aromatic heterocycles. The van der Waals surface area contributed by atoms with Gasteiger partial charge in [0.15, 0.2) is 5.75 Å². The summed E-state index contributed by atoms with van der Waals surface area (Å²) in [6.45, 7) is 9.43. The highest BCUT2D eigenvalue weighted by atomic mass is 16.5. The van der Waals surface area contributed by atoms with Gasteiger partial charge >= 0.3 is 0 Å². The predicted octanol–water partition coefficient (Wildman–Crippen LogP) is 3.22. The lowest BCUT2D eigenvalue weighted by molar-refractivity contribution is 0.0676. The third-order valence-electron chi connectivity index (χ3n) is 6.27. The van der Waals surface area contributed by atoms with Gasteiger partial charge in [-0.2, -0.15) is 0 Å². The number of likely N-dealkylation sites (tertiary alicyclic amines) is 1. The number of fused-ring (bicyclic) bond motifs is 3. The van der Waals surface area contributed by atoms with E-state index in [2.05, 4.69) is 46.8 Å². The minimum Gasteiger partial charge on any atom is -0.488 e. The van der Waals surface area contributed by atoms with Crippen molar-refractivity contribution in [3.63, 3.8) is 0 Å². The van der Waals surface area contributed by atoms with Crippen LogP contribution in [-0.4, -0.2) is 60.4 Å². The van der Waals surface area contributed by atoms with Crippen LogP contribution in [0.1, 0.15) is 31.7 Å². The van der Waals surface area contributed by atoms with E-state index in [1.807, 2.05) is 6.20 Å². The molecule has 0 aliphatic carbocycles. The van der Waals surface area contributed by atoms with Gasteiger partial charge in [0.05, 0.1) is 30.6 Å². The summed E-state index contributed by atoms with van der Waals surface area (Å²) in [5.74, 6) is 1.60. The average molecular weight is 370 g/mol. The van der Waals surface area contributed by atoms with E-state index in [1.165, 1.54) is 29.5 Å². The Labute approximate surface area is 161 Å². The van der Waals surface area contributed by atoms with E-state index >= 15 is 0 Å². The van der Waals surface area contributed by atoms with Crippen LogP contribution in [0.4, 0.5) is 5.69 Å². The molecular weight excluding hydrogens is 338 g/mol. The summed E-state index contributed by atoms with van der Waals surface area (Å²) in [6, 6.07) is 6.78. The zero-order valence-electron chi connectivity index (χ0n) is 16.5. The molecule has 2 aliphatic rings. The van der Waals surface area contributed by atoms with Gasteiger partial charge in [0.2, 0.25) is 0 Å². The molecule has 2 unspecified atom stereocenters. The van der Waals surface area contributed by atoms with E-state index in [0.29, 0.717) is 12.0 Å². The number of aliphatic hydroxyl groups excluding tert-OH is 1. The van der Waals surface area contributed by atoms with Gasteiger partial charge < -0.3 is 14.7 Å². The van der Waals surface area contributed by atoms with Crippen LogP contribution in [0.2, 0.25) is 0 Å². The topological polar surface area (TPSA) is 48.8 Å². The van der Waals surface area contributed by atoms with Crippen LogP contribution in [-0.2, 0) is 0 Å². The van der Waals surface area contributed by atoms with Gasteiger partial charge in [0.1, 0.15) is 6.61 Å². The summed E-state index contributed by atoms with van der Waals surface area (Å²) >= 11 is 0. The Morgan fingerprint density at radius 1 is 1.30 bits per heavy atom. The molecule has 146 valence electrons. The SMILES string of the molecule is CCN1CCC(CCN2CCOc3cnc4ccc(C)cc4c32)CC1CO. The molecule has 2 aromatic rings. The number of aryl methyl sites for hydroxylation is 1. The second kappa shape index (κ2) is 8.03. The summed E-state index contributed by atoms with van der Waals surface area (Å²) in [5.41, 5.74) is 3.49. The second-order valence-corrected chi connectivity index (χ2v) is 7.97. The second-order valence-electron chi connectivity index (χ2n) is 7.97. The number of aromatic nitrogens is 1. The lowest BCUT2D eigenvalue weighted by atomic mass is 9.88. The van der Waals surface area contributed by atoms with E-state index in [1.54, 1.807) is 0 Å². The van der Waals surface area contributed by atoms with Crippen molar-refractivity contribution in [2.45, 2.75) is 39.2 Å². The number of aliphatic hydroxyl groups is 1. The zero-order chi connectivity index (χ0) is 18.8. The van der Waals surface area contributed by atoms with Crippen molar-refractivity contribution in [3.8, 4) is 5.75 Å². The third kappa shape index (κ3) is 3.76. The van der Waals surface area contributed by atoms with Gasteiger partial charge in [-0.1, -0.05) is 18.6 Å². The molecule has 1 N–H and O–H groups in total. The van der Waals surface area contributed by atoms with Crippen molar-refractivity contribution < 1.29 is 9.84 Å². The Bertz CT molecular complexity index is 794. The number of hydrogen-bond acceptors (Lipinski definition) is 5. The Hall–Kier alpha value is -1.85. The van der Waals surface area contributed by atoms with Gasteiger partial charge in [-0.3, -0.25) is 9.88 Å². The Kier molecular flexibility index (Phi) is 5.50. The van der Waals surface area contributed by atoms with Crippen LogP contribution in [0, 0.1) is 12.8 Å². The molecule has 0 amide bonds. The molecule has 5 nitrogen and oxygen atoms in total. The van der Waals surface area contributed by atoms with Crippen LogP contribution in [0.15, 0.2) is 24.4 Å². The predicted molar refractivity (Wildman–Crippen MR) is 110 cm³/mol. The number of nitrogens with zero attached hydrogens (tertiary/aromatic N) is 3. The quantitative estimate of drug-likeness (QED) is 0.877. The Balaban J connectivity index is 1.51. The van der Waals surface area contributed by atoms with E-state index < -0.39 is 0 Å². The van der Waals surface area contributed by atoms with E-state index in [-0.39, 0.29) is 6.61 Å². The van der Waals surface area contributed by atoms with Gasteiger partial charge in [0.25, 0.3) is 0 Å².